The molecule has 0 saturated carbocycles. The first-order valence-corrected chi connectivity index (χ1v) is 14.7. The normalized spacial score (nSPS) is 11.2. The summed E-state index contributed by atoms with van der Waals surface area (Å²) in [5.74, 6) is -0.788. The van der Waals surface area contributed by atoms with E-state index in [1.807, 2.05) is 31.2 Å². The van der Waals surface area contributed by atoms with E-state index in [9.17, 15) is 19.5 Å². The van der Waals surface area contributed by atoms with Crippen LogP contribution in [0, 0.1) is 0 Å². The quantitative estimate of drug-likeness (QED) is 0.0466. The third-order valence-corrected chi connectivity index (χ3v) is 6.67. The molecular formula is C37H40O9. The molecule has 0 amide bonds. The summed E-state index contributed by atoms with van der Waals surface area (Å²) >= 11 is 0. The largest absolute Gasteiger partial charge is 0.489 e. The summed E-state index contributed by atoms with van der Waals surface area (Å²) in [6, 6.07) is 18.4. The minimum Gasteiger partial charge on any atom is -0.489 e. The van der Waals surface area contributed by atoms with Crippen LogP contribution < -0.4 is 9.47 Å². The van der Waals surface area contributed by atoms with Crippen molar-refractivity contribution in [3.63, 3.8) is 0 Å². The van der Waals surface area contributed by atoms with Crippen LogP contribution in [0.4, 0.5) is 0 Å². The minimum atomic E-state index is -1.08. The zero-order valence-corrected chi connectivity index (χ0v) is 26.7. The van der Waals surface area contributed by atoms with Gasteiger partial charge in [-0.15, -0.1) is 0 Å². The molecule has 3 aromatic carbocycles. The number of hydrogen-bond acceptors (Lipinski definition) is 9. The molecule has 0 radical (unpaired) electrons. The summed E-state index contributed by atoms with van der Waals surface area (Å²) in [7, 11) is 0. The lowest BCUT2D eigenvalue weighted by Crippen LogP contribution is -2.15. The third-order valence-electron chi connectivity index (χ3n) is 6.67. The highest BCUT2D eigenvalue weighted by Gasteiger charge is 2.17. The van der Waals surface area contributed by atoms with Gasteiger partial charge in [0.05, 0.1) is 5.56 Å². The molecular weight excluding hydrogens is 588 g/mol. The van der Waals surface area contributed by atoms with Crippen molar-refractivity contribution in [3.05, 3.63) is 108 Å². The van der Waals surface area contributed by atoms with Gasteiger partial charge in [-0.05, 0) is 85.4 Å². The van der Waals surface area contributed by atoms with Crippen LogP contribution in [0.15, 0.2) is 97.1 Å². The Labute approximate surface area is 269 Å². The maximum atomic E-state index is 12.8. The van der Waals surface area contributed by atoms with Crippen molar-refractivity contribution >= 4 is 17.9 Å². The lowest BCUT2D eigenvalue weighted by Gasteiger charge is -2.17. The van der Waals surface area contributed by atoms with Crippen LogP contribution in [-0.2, 0) is 30.2 Å². The van der Waals surface area contributed by atoms with Gasteiger partial charge in [-0.3, -0.25) is 0 Å². The molecule has 0 saturated heterocycles. The van der Waals surface area contributed by atoms with Crippen LogP contribution in [-0.4, -0.2) is 55.7 Å². The van der Waals surface area contributed by atoms with E-state index in [0.29, 0.717) is 23.5 Å². The van der Waals surface area contributed by atoms with Crippen molar-refractivity contribution in [2.45, 2.75) is 40.4 Å². The van der Waals surface area contributed by atoms with Gasteiger partial charge in [-0.25, -0.2) is 14.4 Å². The van der Waals surface area contributed by atoms with Crippen molar-refractivity contribution < 1.29 is 43.2 Å². The molecule has 3 rings (SSSR count). The van der Waals surface area contributed by atoms with E-state index in [2.05, 4.69) is 25.8 Å². The summed E-state index contributed by atoms with van der Waals surface area (Å²) in [6.45, 7) is 17.4. The molecule has 9 heteroatoms. The molecule has 0 heterocycles. The summed E-state index contributed by atoms with van der Waals surface area (Å²) in [6.07, 6.45) is -0.372. The SMILES string of the molecule is C=C(C)C(=O)OCCOC(=O)c1ccc(-c2ccc(-c3ccc(OC(O)C(=C)C)cc3)cc2CC)c(OCCOC(=O)C(=C)C)c1. The van der Waals surface area contributed by atoms with Gasteiger partial charge in [-0.2, -0.15) is 0 Å². The second kappa shape index (κ2) is 16.8. The highest BCUT2D eigenvalue weighted by atomic mass is 16.6. The van der Waals surface area contributed by atoms with Crippen molar-refractivity contribution in [1.29, 1.82) is 0 Å². The van der Waals surface area contributed by atoms with Crippen LogP contribution in [0.1, 0.15) is 43.6 Å². The van der Waals surface area contributed by atoms with E-state index < -0.39 is 24.2 Å². The Morgan fingerprint density at radius 2 is 1.28 bits per heavy atom. The second-order valence-corrected chi connectivity index (χ2v) is 10.6. The van der Waals surface area contributed by atoms with E-state index in [1.165, 1.54) is 6.92 Å². The summed E-state index contributed by atoms with van der Waals surface area (Å²) in [5.41, 5.74) is 5.88. The molecule has 3 aromatic rings. The first-order valence-electron chi connectivity index (χ1n) is 14.7. The Kier molecular flexibility index (Phi) is 12.9. The molecule has 0 spiro atoms. The number of carbonyl (C=O) groups is 3. The Hall–Kier alpha value is -5.15. The van der Waals surface area contributed by atoms with Gasteiger partial charge in [0.1, 0.15) is 37.9 Å². The van der Waals surface area contributed by atoms with Crippen LogP contribution >= 0.6 is 0 Å². The number of rotatable bonds is 16. The minimum absolute atomic E-state index is 0.0173. The topological polar surface area (TPSA) is 118 Å². The maximum Gasteiger partial charge on any atom is 0.338 e. The Morgan fingerprint density at radius 3 is 1.87 bits per heavy atom. The first kappa shape index (κ1) is 35.3. The van der Waals surface area contributed by atoms with Crippen LogP contribution in [0.2, 0.25) is 0 Å². The summed E-state index contributed by atoms with van der Waals surface area (Å²) < 4.78 is 27.0. The molecule has 0 bridgehead atoms. The van der Waals surface area contributed by atoms with Gasteiger partial charge >= 0.3 is 17.9 Å². The molecule has 0 fully saturated rings. The van der Waals surface area contributed by atoms with Gasteiger partial charge in [0.2, 0.25) is 6.29 Å². The van der Waals surface area contributed by atoms with E-state index in [0.717, 1.165) is 27.8 Å². The molecule has 9 nitrogen and oxygen atoms in total. The van der Waals surface area contributed by atoms with Gasteiger partial charge < -0.3 is 28.8 Å². The fourth-order valence-electron chi connectivity index (χ4n) is 4.16. The second-order valence-electron chi connectivity index (χ2n) is 10.6. The zero-order chi connectivity index (χ0) is 33.8. The predicted molar refractivity (Wildman–Crippen MR) is 175 cm³/mol. The Balaban J connectivity index is 1.86. The average Bonchev–Trinajstić information content (AvgIpc) is 3.04. The fourth-order valence-corrected chi connectivity index (χ4v) is 4.16. The van der Waals surface area contributed by atoms with Crippen molar-refractivity contribution in [2.24, 2.45) is 0 Å². The molecule has 0 aromatic heterocycles. The number of esters is 3. The maximum absolute atomic E-state index is 12.8. The summed E-state index contributed by atoms with van der Waals surface area (Å²) in [4.78, 5) is 36.2. The standard InChI is InChI=1S/C37H40O9/c1-8-26-21-28(27-9-13-30(14-10-27)46-36(40)25(6)7)11-15-31(26)32-16-12-29(37(41)45-20-19-44-35(39)24(4)5)22-33(32)42-17-18-43-34(38)23(2)3/h9-16,21-22,36,40H,2,4,6,8,17-20H2,1,3,5,7H3. The van der Waals surface area contributed by atoms with E-state index in [4.69, 9.17) is 23.7 Å². The smallest absolute Gasteiger partial charge is 0.338 e. The number of benzene rings is 3. The van der Waals surface area contributed by atoms with Gasteiger partial charge in [0, 0.05) is 16.7 Å². The average molecular weight is 629 g/mol. The fraction of sp³-hybridized carbons (Fsp3) is 0.270. The number of carbonyl (C=O) groups excluding carboxylic acids is 3. The van der Waals surface area contributed by atoms with Crippen LogP contribution in [0.3, 0.4) is 0 Å². The Bertz CT molecular complexity index is 1600. The number of hydrogen-bond donors (Lipinski definition) is 1. The van der Waals surface area contributed by atoms with Gasteiger partial charge in [0.25, 0.3) is 0 Å². The van der Waals surface area contributed by atoms with Crippen LogP contribution in [0.5, 0.6) is 11.5 Å². The Morgan fingerprint density at radius 1 is 0.717 bits per heavy atom. The highest BCUT2D eigenvalue weighted by Crippen LogP contribution is 2.36. The first-order chi connectivity index (χ1) is 21.9. The van der Waals surface area contributed by atoms with Crippen molar-refractivity contribution in [3.8, 4) is 33.8 Å². The molecule has 0 aliphatic rings. The van der Waals surface area contributed by atoms with Gasteiger partial charge in [-0.1, -0.05) is 57.0 Å². The summed E-state index contributed by atoms with van der Waals surface area (Å²) in [5, 5.41) is 9.94. The van der Waals surface area contributed by atoms with Crippen molar-refractivity contribution in [1.82, 2.24) is 0 Å². The van der Waals surface area contributed by atoms with E-state index in [-0.39, 0.29) is 43.1 Å². The van der Waals surface area contributed by atoms with Crippen molar-refractivity contribution in [2.75, 3.05) is 26.4 Å². The zero-order valence-electron chi connectivity index (χ0n) is 26.7. The van der Waals surface area contributed by atoms with E-state index >= 15 is 0 Å². The number of aliphatic hydroxyl groups is 1. The third kappa shape index (κ3) is 9.93. The molecule has 1 unspecified atom stereocenters. The predicted octanol–water partition coefficient (Wildman–Crippen LogP) is 6.63. The number of aryl methyl sites for hydroxylation is 1. The lowest BCUT2D eigenvalue weighted by atomic mass is 9.92. The monoisotopic (exact) mass is 628 g/mol. The molecule has 0 aliphatic heterocycles. The molecule has 0 aliphatic carbocycles. The van der Waals surface area contributed by atoms with Gasteiger partial charge in [0.15, 0.2) is 0 Å². The molecule has 1 N–H and O–H groups in total. The molecule has 46 heavy (non-hydrogen) atoms. The molecule has 1 atom stereocenters. The highest BCUT2D eigenvalue weighted by molar-refractivity contribution is 5.92. The van der Waals surface area contributed by atoms with E-state index in [1.54, 1.807) is 44.2 Å². The number of ether oxygens (including phenoxy) is 5. The lowest BCUT2D eigenvalue weighted by molar-refractivity contribution is -0.140. The van der Waals surface area contributed by atoms with Crippen LogP contribution in [0.25, 0.3) is 22.3 Å². The number of aliphatic hydroxyl groups excluding tert-OH is 1. The molecule has 242 valence electrons.